The van der Waals surface area contributed by atoms with Crippen LogP contribution >= 0.6 is 0 Å². The molecule has 26 heavy (non-hydrogen) atoms. The van der Waals surface area contributed by atoms with E-state index in [0.717, 1.165) is 18.0 Å². The summed E-state index contributed by atoms with van der Waals surface area (Å²) >= 11 is 0. The Kier molecular flexibility index (Phi) is 6.23. The van der Waals surface area contributed by atoms with Crippen molar-refractivity contribution in [1.29, 1.82) is 0 Å². The van der Waals surface area contributed by atoms with Gasteiger partial charge in [0.15, 0.2) is 0 Å². The molecular weight excluding hydrogens is 326 g/mol. The second kappa shape index (κ2) is 8.81. The Morgan fingerprint density at radius 3 is 2.46 bits per heavy atom. The van der Waals surface area contributed by atoms with E-state index in [0.29, 0.717) is 6.54 Å². The molecule has 1 amide bonds. The molecule has 138 valence electrons. The van der Waals surface area contributed by atoms with Crippen molar-refractivity contribution in [2.45, 2.75) is 39.4 Å². The Bertz CT molecular complexity index is 774. The number of carbonyl (C=O) groups is 1. The van der Waals surface area contributed by atoms with Gasteiger partial charge < -0.3 is 9.88 Å². The minimum Gasteiger partial charge on any atom is -0.350 e. The first kappa shape index (κ1) is 18.4. The van der Waals surface area contributed by atoms with Crippen LogP contribution in [0.25, 0.3) is 0 Å². The number of nitrogens with one attached hydrogen (secondary N) is 1. The molecule has 0 radical (unpaired) electrons. The molecule has 0 aliphatic carbocycles. The Hall–Kier alpha value is -2.40. The van der Waals surface area contributed by atoms with Crippen LogP contribution < -0.4 is 10.9 Å². The molecule has 1 aromatic heterocycles. The van der Waals surface area contributed by atoms with E-state index in [2.05, 4.69) is 41.4 Å². The third-order valence-electron chi connectivity index (χ3n) is 5.01. The predicted molar refractivity (Wildman–Crippen MR) is 103 cm³/mol. The molecule has 0 atom stereocenters. The fraction of sp³-hybridized carbons (Fsp3) is 0.429. The molecule has 2 aromatic rings. The van der Waals surface area contributed by atoms with Crippen molar-refractivity contribution >= 4 is 5.91 Å². The van der Waals surface area contributed by atoms with E-state index >= 15 is 0 Å². The van der Waals surface area contributed by atoms with Crippen molar-refractivity contribution in [2.24, 2.45) is 5.92 Å². The highest BCUT2D eigenvalue weighted by Gasteiger charge is 2.15. The molecule has 1 aromatic carbocycles. The van der Waals surface area contributed by atoms with Gasteiger partial charge in [-0.1, -0.05) is 37.3 Å². The SMILES string of the molecule is CC1CCN(Cc2ccc(CNC(=O)Cn3ccccc3=O)cc2)CC1. The minimum atomic E-state index is -0.167. The Labute approximate surface area is 154 Å². The van der Waals surface area contributed by atoms with Crippen molar-refractivity contribution in [3.8, 4) is 0 Å². The molecule has 1 aliphatic rings. The first-order valence-electron chi connectivity index (χ1n) is 9.32. The molecular formula is C21H27N3O2. The van der Waals surface area contributed by atoms with Gasteiger partial charge in [0, 0.05) is 25.4 Å². The molecule has 3 rings (SSSR count). The Morgan fingerprint density at radius 2 is 1.77 bits per heavy atom. The molecule has 0 bridgehead atoms. The number of pyridine rings is 1. The topological polar surface area (TPSA) is 54.3 Å². The number of benzene rings is 1. The molecule has 0 unspecified atom stereocenters. The lowest BCUT2D eigenvalue weighted by molar-refractivity contribution is -0.121. The summed E-state index contributed by atoms with van der Waals surface area (Å²) in [6, 6.07) is 13.3. The van der Waals surface area contributed by atoms with Gasteiger partial charge in [-0.3, -0.25) is 14.5 Å². The fourth-order valence-corrected chi connectivity index (χ4v) is 3.24. The van der Waals surface area contributed by atoms with Gasteiger partial charge in [0.1, 0.15) is 6.54 Å². The lowest BCUT2D eigenvalue weighted by Gasteiger charge is -2.30. The first-order valence-corrected chi connectivity index (χ1v) is 9.32. The molecule has 2 heterocycles. The maximum Gasteiger partial charge on any atom is 0.250 e. The number of piperidine rings is 1. The smallest absolute Gasteiger partial charge is 0.250 e. The predicted octanol–water partition coefficient (Wildman–Crippen LogP) is 2.40. The number of rotatable bonds is 6. The van der Waals surface area contributed by atoms with Crippen LogP contribution in [0.5, 0.6) is 0 Å². The number of hydrogen-bond donors (Lipinski definition) is 1. The highest BCUT2D eigenvalue weighted by molar-refractivity contribution is 5.75. The van der Waals surface area contributed by atoms with Crippen molar-refractivity contribution in [1.82, 2.24) is 14.8 Å². The van der Waals surface area contributed by atoms with Crippen LogP contribution in [0, 0.1) is 5.92 Å². The summed E-state index contributed by atoms with van der Waals surface area (Å²) in [6.07, 6.45) is 4.20. The molecule has 1 aliphatic heterocycles. The zero-order valence-electron chi connectivity index (χ0n) is 15.4. The number of nitrogens with zero attached hydrogens (tertiary/aromatic N) is 2. The second-order valence-corrected chi connectivity index (χ2v) is 7.22. The Balaban J connectivity index is 1.46. The van der Waals surface area contributed by atoms with Gasteiger partial charge in [-0.15, -0.1) is 0 Å². The van der Waals surface area contributed by atoms with Gasteiger partial charge in [-0.25, -0.2) is 0 Å². The van der Waals surface area contributed by atoms with E-state index in [1.54, 1.807) is 18.3 Å². The van der Waals surface area contributed by atoms with Gasteiger partial charge >= 0.3 is 0 Å². The zero-order chi connectivity index (χ0) is 18.4. The van der Waals surface area contributed by atoms with Crippen LogP contribution in [0.4, 0.5) is 0 Å². The summed E-state index contributed by atoms with van der Waals surface area (Å²) in [7, 11) is 0. The molecule has 0 spiro atoms. The van der Waals surface area contributed by atoms with Crippen LogP contribution in [-0.2, 0) is 24.4 Å². The van der Waals surface area contributed by atoms with E-state index in [-0.39, 0.29) is 18.0 Å². The van der Waals surface area contributed by atoms with Gasteiger partial charge in [-0.2, -0.15) is 0 Å². The summed E-state index contributed by atoms with van der Waals surface area (Å²) in [5.74, 6) is 0.689. The summed E-state index contributed by atoms with van der Waals surface area (Å²) in [5.41, 5.74) is 2.21. The second-order valence-electron chi connectivity index (χ2n) is 7.22. The molecule has 5 heteroatoms. The monoisotopic (exact) mass is 353 g/mol. The lowest BCUT2D eigenvalue weighted by Crippen LogP contribution is -2.32. The number of carbonyl (C=O) groups excluding carboxylic acids is 1. The first-order chi connectivity index (χ1) is 12.6. The number of hydrogen-bond acceptors (Lipinski definition) is 3. The Morgan fingerprint density at radius 1 is 1.08 bits per heavy atom. The van der Waals surface area contributed by atoms with Crippen LogP contribution in [0.15, 0.2) is 53.5 Å². The fourth-order valence-electron chi connectivity index (χ4n) is 3.24. The van der Waals surface area contributed by atoms with Crippen LogP contribution in [0.1, 0.15) is 30.9 Å². The number of likely N-dealkylation sites (tertiary alicyclic amines) is 1. The van der Waals surface area contributed by atoms with Gasteiger partial charge in [0.2, 0.25) is 5.91 Å². The van der Waals surface area contributed by atoms with Crippen LogP contribution in [0.2, 0.25) is 0 Å². The molecule has 1 saturated heterocycles. The third kappa shape index (κ3) is 5.30. The van der Waals surface area contributed by atoms with E-state index in [4.69, 9.17) is 0 Å². The van der Waals surface area contributed by atoms with Crippen molar-refractivity contribution < 1.29 is 4.79 Å². The van der Waals surface area contributed by atoms with E-state index in [1.165, 1.54) is 42.1 Å². The lowest BCUT2D eigenvalue weighted by atomic mass is 9.99. The van der Waals surface area contributed by atoms with Crippen LogP contribution in [-0.4, -0.2) is 28.5 Å². The van der Waals surface area contributed by atoms with Crippen molar-refractivity contribution in [3.63, 3.8) is 0 Å². The molecule has 5 nitrogen and oxygen atoms in total. The van der Waals surface area contributed by atoms with Crippen LogP contribution in [0.3, 0.4) is 0 Å². The maximum absolute atomic E-state index is 12.0. The normalized spacial score (nSPS) is 15.7. The van der Waals surface area contributed by atoms with Gasteiger partial charge in [-0.05, 0) is 49.0 Å². The van der Waals surface area contributed by atoms with E-state index in [9.17, 15) is 9.59 Å². The highest BCUT2D eigenvalue weighted by Crippen LogP contribution is 2.18. The van der Waals surface area contributed by atoms with Crippen molar-refractivity contribution in [3.05, 3.63) is 70.1 Å². The molecule has 0 saturated carbocycles. The van der Waals surface area contributed by atoms with Gasteiger partial charge in [0.05, 0.1) is 0 Å². The van der Waals surface area contributed by atoms with Crippen molar-refractivity contribution in [2.75, 3.05) is 13.1 Å². The van der Waals surface area contributed by atoms with E-state index < -0.39 is 0 Å². The maximum atomic E-state index is 12.0. The average molecular weight is 353 g/mol. The zero-order valence-corrected chi connectivity index (χ0v) is 15.4. The summed E-state index contributed by atoms with van der Waals surface area (Å²) in [4.78, 5) is 26.2. The minimum absolute atomic E-state index is 0.0468. The quantitative estimate of drug-likeness (QED) is 0.868. The standard InChI is InChI=1S/C21H27N3O2/c1-17-9-12-23(13-10-17)15-19-7-5-18(6-8-19)14-22-20(25)16-24-11-3-2-4-21(24)26/h2-8,11,17H,9-10,12-16H2,1H3,(H,22,25). The summed E-state index contributed by atoms with van der Waals surface area (Å²) in [6.45, 7) is 6.20. The average Bonchev–Trinajstić information content (AvgIpc) is 2.65. The number of amides is 1. The third-order valence-corrected chi connectivity index (χ3v) is 5.01. The highest BCUT2D eigenvalue weighted by atomic mass is 16.2. The summed E-state index contributed by atoms with van der Waals surface area (Å²) < 4.78 is 1.40. The molecule has 1 N–H and O–H groups in total. The molecule has 1 fully saturated rings. The van der Waals surface area contributed by atoms with E-state index in [1.807, 2.05) is 0 Å². The number of aromatic nitrogens is 1. The largest absolute Gasteiger partial charge is 0.350 e. The van der Waals surface area contributed by atoms with Gasteiger partial charge in [0.25, 0.3) is 5.56 Å². The summed E-state index contributed by atoms with van der Waals surface area (Å²) in [5, 5.41) is 2.87.